The highest BCUT2D eigenvalue weighted by atomic mass is 16.5. The summed E-state index contributed by atoms with van der Waals surface area (Å²) in [7, 11) is 1.67. The smallest absolute Gasteiger partial charge is 0.142 e. The number of benzene rings is 2. The molecule has 0 spiro atoms. The van der Waals surface area contributed by atoms with E-state index in [9.17, 15) is 0 Å². The van der Waals surface area contributed by atoms with Crippen LogP contribution in [0.3, 0.4) is 0 Å². The summed E-state index contributed by atoms with van der Waals surface area (Å²) in [4.78, 5) is 0. The van der Waals surface area contributed by atoms with Gasteiger partial charge in [0.2, 0.25) is 0 Å². The Kier molecular flexibility index (Phi) is 6.58. The summed E-state index contributed by atoms with van der Waals surface area (Å²) in [6, 6.07) is 15.9. The van der Waals surface area contributed by atoms with Crippen molar-refractivity contribution in [3.63, 3.8) is 0 Å². The molecule has 0 saturated heterocycles. The molecule has 2 aromatic carbocycles. The van der Waals surface area contributed by atoms with Crippen molar-refractivity contribution in [1.82, 2.24) is 0 Å². The molecule has 0 aliphatic rings. The lowest BCUT2D eigenvalue weighted by Crippen LogP contribution is -2.08. The Labute approximate surface area is 132 Å². The van der Waals surface area contributed by atoms with E-state index < -0.39 is 0 Å². The van der Waals surface area contributed by atoms with Crippen LogP contribution in [0.15, 0.2) is 48.5 Å². The van der Waals surface area contributed by atoms with Gasteiger partial charge in [-0.15, -0.1) is 0 Å². The third-order valence-electron chi connectivity index (χ3n) is 3.17. The largest absolute Gasteiger partial charge is 0.492 e. The number of hydrogen-bond acceptors (Lipinski definition) is 4. The number of nitrogens with one attached hydrogen (secondary N) is 1. The number of hydrogen-bond donors (Lipinski definition) is 1. The molecule has 118 valence electrons. The standard InChI is InChI=1S/C18H23NO3/c1-3-21-18-11-7-5-9-16(18)19-14-15-8-4-6-10-17(15)22-13-12-20-2/h4-11,19H,3,12-14H2,1-2H3. The minimum Gasteiger partial charge on any atom is -0.492 e. The maximum Gasteiger partial charge on any atom is 0.142 e. The predicted molar refractivity (Wildman–Crippen MR) is 88.8 cm³/mol. The van der Waals surface area contributed by atoms with Crippen molar-refractivity contribution in [3.05, 3.63) is 54.1 Å². The van der Waals surface area contributed by atoms with Gasteiger partial charge in [-0.25, -0.2) is 0 Å². The van der Waals surface area contributed by atoms with Gasteiger partial charge in [0.25, 0.3) is 0 Å². The number of para-hydroxylation sites is 3. The molecule has 0 radical (unpaired) electrons. The van der Waals surface area contributed by atoms with Crippen molar-refractivity contribution in [2.24, 2.45) is 0 Å². The SMILES string of the molecule is CCOc1ccccc1NCc1ccccc1OCCOC. The first-order valence-electron chi connectivity index (χ1n) is 7.50. The number of ether oxygens (including phenoxy) is 3. The van der Waals surface area contributed by atoms with Crippen LogP contribution in [-0.2, 0) is 11.3 Å². The topological polar surface area (TPSA) is 39.7 Å². The third-order valence-corrected chi connectivity index (χ3v) is 3.17. The van der Waals surface area contributed by atoms with Crippen LogP contribution in [0.5, 0.6) is 11.5 Å². The second-order valence-electron chi connectivity index (χ2n) is 4.73. The van der Waals surface area contributed by atoms with Crippen LogP contribution in [0.1, 0.15) is 12.5 Å². The molecule has 2 rings (SSSR count). The van der Waals surface area contributed by atoms with Crippen molar-refractivity contribution in [3.8, 4) is 11.5 Å². The van der Waals surface area contributed by atoms with Crippen molar-refractivity contribution in [2.45, 2.75) is 13.5 Å². The molecule has 4 heteroatoms. The van der Waals surface area contributed by atoms with E-state index in [1.54, 1.807) is 7.11 Å². The molecule has 0 aliphatic carbocycles. The van der Waals surface area contributed by atoms with Crippen LogP contribution < -0.4 is 14.8 Å². The van der Waals surface area contributed by atoms with Crippen LogP contribution in [0.2, 0.25) is 0 Å². The van der Waals surface area contributed by atoms with Gasteiger partial charge in [-0.2, -0.15) is 0 Å². The van der Waals surface area contributed by atoms with E-state index >= 15 is 0 Å². The molecule has 0 amide bonds. The number of methoxy groups -OCH3 is 1. The maximum atomic E-state index is 5.75. The Morgan fingerprint density at radius 3 is 2.36 bits per heavy atom. The van der Waals surface area contributed by atoms with Crippen molar-refractivity contribution < 1.29 is 14.2 Å². The van der Waals surface area contributed by atoms with Gasteiger partial charge >= 0.3 is 0 Å². The normalized spacial score (nSPS) is 10.3. The molecule has 0 bridgehead atoms. The van der Waals surface area contributed by atoms with E-state index in [1.165, 1.54) is 0 Å². The van der Waals surface area contributed by atoms with Gasteiger partial charge in [-0.05, 0) is 25.1 Å². The summed E-state index contributed by atoms with van der Waals surface area (Å²) in [5.74, 6) is 1.74. The molecule has 4 nitrogen and oxygen atoms in total. The van der Waals surface area contributed by atoms with Gasteiger partial charge in [0.15, 0.2) is 0 Å². The van der Waals surface area contributed by atoms with Gasteiger partial charge in [-0.1, -0.05) is 30.3 Å². The molecule has 0 heterocycles. The Balaban J connectivity index is 2.02. The minimum absolute atomic E-state index is 0.545. The van der Waals surface area contributed by atoms with E-state index in [4.69, 9.17) is 14.2 Å². The predicted octanol–water partition coefficient (Wildman–Crippen LogP) is 3.72. The molecular weight excluding hydrogens is 278 g/mol. The fourth-order valence-electron chi connectivity index (χ4n) is 2.11. The second kappa shape index (κ2) is 8.95. The Morgan fingerprint density at radius 1 is 0.864 bits per heavy atom. The van der Waals surface area contributed by atoms with E-state index in [-0.39, 0.29) is 0 Å². The van der Waals surface area contributed by atoms with E-state index in [2.05, 4.69) is 11.4 Å². The van der Waals surface area contributed by atoms with E-state index in [0.29, 0.717) is 26.4 Å². The molecule has 2 aromatic rings. The zero-order chi connectivity index (χ0) is 15.6. The van der Waals surface area contributed by atoms with Crippen LogP contribution >= 0.6 is 0 Å². The third kappa shape index (κ3) is 4.67. The average molecular weight is 301 g/mol. The molecule has 0 aromatic heterocycles. The van der Waals surface area contributed by atoms with Gasteiger partial charge in [0.05, 0.1) is 18.9 Å². The Bertz CT molecular complexity index is 572. The van der Waals surface area contributed by atoms with Crippen LogP contribution in [-0.4, -0.2) is 26.9 Å². The molecule has 1 N–H and O–H groups in total. The summed E-state index contributed by atoms with van der Waals surface area (Å²) < 4.78 is 16.4. The molecule has 0 unspecified atom stereocenters. The molecule has 0 aliphatic heterocycles. The quantitative estimate of drug-likeness (QED) is 0.717. The zero-order valence-electron chi connectivity index (χ0n) is 13.2. The van der Waals surface area contributed by atoms with Gasteiger partial charge in [-0.3, -0.25) is 0 Å². The van der Waals surface area contributed by atoms with Crippen molar-refractivity contribution in [2.75, 3.05) is 32.2 Å². The zero-order valence-corrected chi connectivity index (χ0v) is 13.2. The number of anilines is 1. The summed E-state index contributed by atoms with van der Waals surface area (Å²) >= 11 is 0. The van der Waals surface area contributed by atoms with Gasteiger partial charge in [0.1, 0.15) is 18.1 Å². The molecule has 0 saturated carbocycles. The van der Waals surface area contributed by atoms with Crippen LogP contribution in [0.4, 0.5) is 5.69 Å². The number of rotatable bonds is 9. The highest BCUT2D eigenvalue weighted by molar-refractivity contribution is 5.56. The van der Waals surface area contributed by atoms with Crippen LogP contribution in [0.25, 0.3) is 0 Å². The first-order chi connectivity index (χ1) is 10.8. The summed E-state index contributed by atoms with van der Waals surface area (Å²) in [5.41, 5.74) is 2.08. The lowest BCUT2D eigenvalue weighted by Gasteiger charge is -2.15. The van der Waals surface area contributed by atoms with Crippen LogP contribution in [0, 0.1) is 0 Å². The minimum atomic E-state index is 0.545. The Hall–Kier alpha value is -2.20. The first kappa shape index (κ1) is 16.2. The fraction of sp³-hybridized carbons (Fsp3) is 0.333. The molecule has 0 fully saturated rings. The Morgan fingerprint density at radius 2 is 1.59 bits per heavy atom. The first-order valence-corrected chi connectivity index (χ1v) is 7.50. The second-order valence-corrected chi connectivity index (χ2v) is 4.73. The van der Waals surface area contributed by atoms with Crippen molar-refractivity contribution >= 4 is 5.69 Å². The lowest BCUT2D eigenvalue weighted by molar-refractivity contribution is 0.146. The molecular formula is C18H23NO3. The van der Waals surface area contributed by atoms with Gasteiger partial charge in [0, 0.05) is 19.2 Å². The summed E-state index contributed by atoms with van der Waals surface area (Å²) in [6.45, 7) is 4.43. The monoisotopic (exact) mass is 301 g/mol. The maximum absolute atomic E-state index is 5.75. The fourth-order valence-corrected chi connectivity index (χ4v) is 2.11. The highest BCUT2D eigenvalue weighted by Gasteiger charge is 2.05. The average Bonchev–Trinajstić information content (AvgIpc) is 2.56. The van der Waals surface area contributed by atoms with Gasteiger partial charge < -0.3 is 19.5 Å². The summed E-state index contributed by atoms with van der Waals surface area (Å²) in [6.07, 6.45) is 0. The molecule has 0 atom stereocenters. The van der Waals surface area contributed by atoms with Crippen molar-refractivity contribution in [1.29, 1.82) is 0 Å². The lowest BCUT2D eigenvalue weighted by atomic mass is 10.2. The highest BCUT2D eigenvalue weighted by Crippen LogP contribution is 2.26. The van der Waals surface area contributed by atoms with E-state index in [0.717, 1.165) is 22.7 Å². The summed E-state index contributed by atoms with van der Waals surface area (Å²) in [5, 5.41) is 3.41. The molecule has 22 heavy (non-hydrogen) atoms. The van der Waals surface area contributed by atoms with E-state index in [1.807, 2.05) is 49.4 Å².